The molecule has 0 aliphatic rings. The van der Waals surface area contributed by atoms with Gasteiger partial charge in [-0.15, -0.1) is 0 Å². The molecule has 0 heterocycles. The predicted molar refractivity (Wildman–Crippen MR) is 58.1 cm³/mol. The normalized spacial score (nSPS) is 10.3. The highest BCUT2D eigenvalue weighted by atomic mass is 16.7. The fourth-order valence-corrected chi connectivity index (χ4v) is 1.21. The molecule has 0 saturated heterocycles. The molecule has 0 atom stereocenters. The summed E-state index contributed by atoms with van der Waals surface area (Å²) < 4.78 is 4.80. The molecular weight excluding hydrogens is 210 g/mol. The second-order valence-corrected chi connectivity index (χ2v) is 3.12. The summed E-state index contributed by atoms with van der Waals surface area (Å²) in [4.78, 5) is 15.9. The van der Waals surface area contributed by atoms with Crippen molar-refractivity contribution in [3.8, 4) is 0 Å². The first kappa shape index (κ1) is 12.6. The van der Waals surface area contributed by atoms with E-state index in [0.717, 1.165) is 0 Å². The fourth-order valence-electron chi connectivity index (χ4n) is 1.21. The van der Waals surface area contributed by atoms with Crippen molar-refractivity contribution in [2.75, 3.05) is 20.3 Å². The number of carboxylic acid groups (broad SMARTS) is 1. The summed E-state index contributed by atoms with van der Waals surface area (Å²) in [6.07, 6.45) is 0. The number of benzene rings is 1. The lowest BCUT2D eigenvalue weighted by atomic mass is 10.1. The second kappa shape index (κ2) is 6.95. The smallest absolute Gasteiger partial charge is 0.336 e. The summed E-state index contributed by atoms with van der Waals surface area (Å²) in [5.41, 5.74) is 3.66. The van der Waals surface area contributed by atoms with Gasteiger partial charge in [0.15, 0.2) is 0 Å². The molecule has 0 radical (unpaired) electrons. The molecule has 0 spiro atoms. The van der Waals surface area contributed by atoms with Gasteiger partial charge in [0, 0.05) is 13.7 Å². The molecular formula is C11H15NO4. The van der Waals surface area contributed by atoms with Gasteiger partial charge in [-0.1, -0.05) is 18.2 Å². The molecule has 5 nitrogen and oxygen atoms in total. The van der Waals surface area contributed by atoms with Crippen molar-refractivity contribution in [2.45, 2.75) is 6.54 Å². The van der Waals surface area contributed by atoms with Crippen molar-refractivity contribution in [1.82, 2.24) is 5.48 Å². The Labute approximate surface area is 93.9 Å². The monoisotopic (exact) mass is 225 g/mol. The fraction of sp³-hybridized carbons (Fsp3) is 0.364. The van der Waals surface area contributed by atoms with E-state index in [2.05, 4.69) is 5.48 Å². The van der Waals surface area contributed by atoms with Gasteiger partial charge in [0.1, 0.15) is 0 Å². The number of hydrogen-bond acceptors (Lipinski definition) is 4. The SMILES string of the molecule is COCCONCc1ccccc1C(=O)O. The highest BCUT2D eigenvalue weighted by molar-refractivity contribution is 5.89. The van der Waals surface area contributed by atoms with E-state index in [-0.39, 0.29) is 5.56 Å². The van der Waals surface area contributed by atoms with Crippen LogP contribution in [0.1, 0.15) is 15.9 Å². The third-order valence-electron chi connectivity index (χ3n) is 2.00. The summed E-state index contributed by atoms with van der Waals surface area (Å²) in [6, 6.07) is 6.79. The molecule has 0 amide bonds. The molecule has 0 aliphatic carbocycles. The third-order valence-corrected chi connectivity index (χ3v) is 2.00. The Hall–Kier alpha value is -1.43. The van der Waals surface area contributed by atoms with Gasteiger partial charge in [0.25, 0.3) is 0 Å². The topological polar surface area (TPSA) is 67.8 Å². The van der Waals surface area contributed by atoms with Crippen molar-refractivity contribution >= 4 is 5.97 Å². The zero-order valence-corrected chi connectivity index (χ0v) is 9.10. The minimum absolute atomic E-state index is 0.283. The summed E-state index contributed by atoms with van der Waals surface area (Å²) in [5, 5.41) is 8.92. The van der Waals surface area contributed by atoms with E-state index < -0.39 is 5.97 Å². The van der Waals surface area contributed by atoms with Gasteiger partial charge in [0.05, 0.1) is 18.8 Å². The van der Waals surface area contributed by atoms with Crippen LogP contribution in [0.5, 0.6) is 0 Å². The lowest BCUT2D eigenvalue weighted by Gasteiger charge is -2.07. The van der Waals surface area contributed by atoms with Crippen molar-refractivity contribution in [3.63, 3.8) is 0 Å². The summed E-state index contributed by atoms with van der Waals surface area (Å²) in [7, 11) is 1.59. The Morgan fingerprint density at radius 1 is 1.38 bits per heavy atom. The number of carboxylic acids is 1. The van der Waals surface area contributed by atoms with Gasteiger partial charge in [-0.25, -0.2) is 4.79 Å². The second-order valence-electron chi connectivity index (χ2n) is 3.12. The molecule has 88 valence electrons. The van der Waals surface area contributed by atoms with E-state index >= 15 is 0 Å². The van der Waals surface area contributed by atoms with Crippen molar-refractivity contribution in [1.29, 1.82) is 0 Å². The molecule has 0 unspecified atom stereocenters. The lowest BCUT2D eigenvalue weighted by Crippen LogP contribution is -2.18. The van der Waals surface area contributed by atoms with Crippen LogP contribution in [0.25, 0.3) is 0 Å². The molecule has 0 bridgehead atoms. The van der Waals surface area contributed by atoms with Gasteiger partial charge in [-0.3, -0.25) is 4.84 Å². The largest absolute Gasteiger partial charge is 0.478 e. The Kier molecular flexibility index (Phi) is 5.49. The number of methoxy groups -OCH3 is 1. The number of hydroxylamine groups is 1. The van der Waals surface area contributed by atoms with Crippen LogP contribution in [-0.2, 0) is 16.1 Å². The summed E-state index contributed by atoms with van der Waals surface area (Å²) in [5.74, 6) is -0.936. The minimum atomic E-state index is -0.936. The number of hydrogen-bond donors (Lipinski definition) is 2. The van der Waals surface area contributed by atoms with Gasteiger partial charge < -0.3 is 9.84 Å². The zero-order valence-electron chi connectivity index (χ0n) is 9.10. The van der Waals surface area contributed by atoms with Crippen LogP contribution in [0.2, 0.25) is 0 Å². The molecule has 5 heteroatoms. The summed E-state index contributed by atoms with van der Waals surface area (Å²) in [6.45, 7) is 1.27. The lowest BCUT2D eigenvalue weighted by molar-refractivity contribution is 0.00332. The number of rotatable bonds is 7. The van der Waals surface area contributed by atoms with Crippen molar-refractivity contribution in [3.05, 3.63) is 35.4 Å². The maximum absolute atomic E-state index is 10.9. The first-order chi connectivity index (χ1) is 7.75. The highest BCUT2D eigenvalue weighted by Crippen LogP contribution is 2.08. The van der Waals surface area contributed by atoms with E-state index in [1.807, 2.05) is 0 Å². The van der Waals surface area contributed by atoms with E-state index in [4.69, 9.17) is 14.7 Å². The number of ether oxygens (including phenoxy) is 1. The molecule has 1 rings (SSSR count). The first-order valence-electron chi connectivity index (χ1n) is 4.90. The molecule has 1 aromatic rings. The summed E-state index contributed by atoms with van der Waals surface area (Å²) >= 11 is 0. The van der Waals surface area contributed by atoms with Crippen LogP contribution in [-0.4, -0.2) is 31.4 Å². The number of aromatic carboxylic acids is 1. The Morgan fingerprint density at radius 2 is 2.12 bits per heavy atom. The minimum Gasteiger partial charge on any atom is -0.478 e. The van der Waals surface area contributed by atoms with Gasteiger partial charge in [-0.2, -0.15) is 5.48 Å². The van der Waals surface area contributed by atoms with Gasteiger partial charge in [0.2, 0.25) is 0 Å². The van der Waals surface area contributed by atoms with E-state index in [0.29, 0.717) is 25.3 Å². The zero-order chi connectivity index (χ0) is 11.8. The third kappa shape index (κ3) is 3.98. The molecule has 1 aromatic carbocycles. The number of carbonyl (C=O) groups is 1. The van der Waals surface area contributed by atoms with Gasteiger partial charge >= 0.3 is 5.97 Å². The van der Waals surface area contributed by atoms with Crippen LogP contribution in [0, 0.1) is 0 Å². The Bertz CT molecular complexity index is 341. The van der Waals surface area contributed by atoms with Crippen molar-refractivity contribution in [2.24, 2.45) is 0 Å². The standard InChI is InChI=1S/C11H15NO4/c1-15-6-7-16-12-8-9-4-2-3-5-10(9)11(13)14/h2-5,12H,6-8H2,1H3,(H,13,14). The van der Waals surface area contributed by atoms with Crippen LogP contribution in [0.4, 0.5) is 0 Å². The predicted octanol–water partition coefficient (Wildman–Crippen LogP) is 1.05. The maximum Gasteiger partial charge on any atom is 0.336 e. The Balaban J connectivity index is 2.44. The maximum atomic E-state index is 10.9. The van der Waals surface area contributed by atoms with Gasteiger partial charge in [-0.05, 0) is 11.6 Å². The molecule has 2 N–H and O–H groups in total. The first-order valence-corrected chi connectivity index (χ1v) is 4.90. The van der Waals surface area contributed by atoms with Crippen LogP contribution < -0.4 is 5.48 Å². The highest BCUT2D eigenvalue weighted by Gasteiger charge is 2.07. The molecule has 0 aromatic heterocycles. The average molecular weight is 225 g/mol. The van der Waals surface area contributed by atoms with E-state index in [9.17, 15) is 4.79 Å². The van der Waals surface area contributed by atoms with Crippen molar-refractivity contribution < 1.29 is 19.5 Å². The van der Waals surface area contributed by atoms with Crippen LogP contribution in [0.3, 0.4) is 0 Å². The molecule has 0 saturated carbocycles. The molecule has 0 fully saturated rings. The number of nitrogens with one attached hydrogen (secondary N) is 1. The quantitative estimate of drug-likeness (QED) is 0.536. The molecule has 0 aliphatic heterocycles. The van der Waals surface area contributed by atoms with E-state index in [1.165, 1.54) is 0 Å². The van der Waals surface area contributed by atoms with Crippen LogP contribution >= 0.6 is 0 Å². The average Bonchev–Trinajstić information content (AvgIpc) is 2.29. The Morgan fingerprint density at radius 3 is 2.81 bits per heavy atom. The molecule has 16 heavy (non-hydrogen) atoms. The van der Waals surface area contributed by atoms with Crippen LogP contribution in [0.15, 0.2) is 24.3 Å². The van der Waals surface area contributed by atoms with E-state index in [1.54, 1.807) is 31.4 Å².